The Morgan fingerprint density at radius 1 is 1.36 bits per heavy atom. The molecule has 1 fully saturated rings. The lowest BCUT2D eigenvalue weighted by atomic mass is 9.96. The van der Waals surface area contributed by atoms with E-state index >= 15 is 0 Å². The van der Waals surface area contributed by atoms with Gasteiger partial charge >= 0.3 is 0 Å². The summed E-state index contributed by atoms with van der Waals surface area (Å²) in [4.78, 5) is 29.4. The number of aromatic nitrogens is 1. The van der Waals surface area contributed by atoms with Crippen LogP contribution in [0.4, 0.5) is 0 Å². The van der Waals surface area contributed by atoms with Crippen LogP contribution >= 0.6 is 0 Å². The lowest BCUT2D eigenvalue weighted by molar-refractivity contribution is -0.123. The minimum absolute atomic E-state index is 0.0816. The monoisotopic (exact) mass is 307 g/mol. The fourth-order valence-electron chi connectivity index (χ4n) is 2.40. The highest BCUT2D eigenvalue weighted by molar-refractivity contribution is 5.94. The van der Waals surface area contributed by atoms with Crippen LogP contribution in [0.15, 0.2) is 18.3 Å². The number of likely N-dealkylation sites (tertiary alicyclic amines) is 1. The summed E-state index contributed by atoms with van der Waals surface area (Å²) < 4.78 is 10.3. The highest BCUT2D eigenvalue weighted by Crippen LogP contribution is 2.19. The Morgan fingerprint density at radius 3 is 2.73 bits per heavy atom. The van der Waals surface area contributed by atoms with Crippen LogP contribution in [0, 0.1) is 5.92 Å². The first kappa shape index (κ1) is 16.2. The van der Waals surface area contributed by atoms with Crippen LogP contribution in [-0.2, 0) is 9.53 Å². The van der Waals surface area contributed by atoms with Gasteiger partial charge in [-0.3, -0.25) is 9.59 Å². The molecule has 2 N–H and O–H groups in total. The summed E-state index contributed by atoms with van der Waals surface area (Å²) in [5.41, 5.74) is 5.83. The van der Waals surface area contributed by atoms with E-state index in [2.05, 4.69) is 4.98 Å². The molecule has 1 aliphatic heterocycles. The van der Waals surface area contributed by atoms with Crippen LogP contribution in [0.1, 0.15) is 23.2 Å². The Labute approximate surface area is 129 Å². The van der Waals surface area contributed by atoms with Gasteiger partial charge in [0.05, 0.1) is 6.61 Å². The minimum atomic E-state index is -0.287. The first-order chi connectivity index (χ1) is 10.6. The number of hydrogen-bond donors (Lipinski definition) is 1. The molecular formula is C15H21N3O4. The summed E-state index contributed by atoms with van der Waals surface area (Å²) in [6.45, 7) is 1.91. The quantitative estimate of drug-likeness (QED) is 0.770. The fourth-order valence-corrected chi connectivity index (χ4v) is 2.40. The fraction of sp³-hybridized carbons (Fsp3) is 0.533. The van der Waals surface area contributed by atoms with Crippen molar-refractivity contribution >= 4 is 11.8 Å². The number of nitrogens with zero attached hydrogens (tertiary/aromatic N) is 2. The van der Waals surface area contributed by atoms with Crippen LogP contribution in [-0.4, -0.2) is 55.1 Å². The molecule has 1 aromatic rings. The number of amides is 2. The van der Waals surface area contributed by atoms with Gasteiger partial charge in [-0.05, 0) is 18.9 Å². The van der Waals surface area contributed by atoms with Gasteiger partial charge in [0.1, 0.15) is 6.61 Å². The van der Waals surface area contributed by atoms with Crippen molar-refractivity contribution < 1.29 is 19.1 Å². The zero-order chi connectivity index (χ0) is 15.9. The van der Waals surface area contributed by atoms with Crippen molar-refractivity contribution in [1.82, 2.24) is 9.88 Å². The van der Waals surface area contributed by atoms with Crippen molar-refractivity contribution in [2.75, 3.05) is 33.4 Å². The molecule has 22 heavy (non-hydrogen) atoms. The summed E-state index contributed by atoms with van der Waals surface area (Å²) in [5, 5.41) is 0. The average Bonchev–Trinajstić information content (AvgIpc) is 2.55. The lowest BCUT2D eigenvalue weighted by Gasteiger charge is -2.30. The number of ether oxygens (including phenoxy) is 2. The highest BCUT2D eigenvalue weighted by Gasteiger charge is 2.26. The molecule has 2 heterocycles. The summed E-state index contributed by atoms with van der Waals surface area (Å²) in [7, 11) is 1.59. The van der Waals surface area contributed by atoms with E-state index in [0.717, 1.165) is 0 Å². The second-order valence-electron chi connectivity index (χ2n) is 5.19. The molecule has 0 aliphatic carbocycles. The minimum Gasteiger partial charge on any atom is -0.475 e. The molecule has 7 heteroatoms. The number of piperidine rings is 1. The maximum atomic E-state index is 12.5. The molecule has 0 aromatic carbocycles. The van der Waals surface area contributed by atoms with Crippen molar-refractivity contribution in [1.29, 1.82) is 0 Å². The summed E-state index contributed by atoms with van der Waals surface area (Å²) in [5.74, 6) is -0.101. The lowest BCUT2D eigenvalue weighted by Crippen LogP contribution is -2.41. The zero-order valence-corrected chi connectivity index (χ0v) is 12.7. The Bertz CT molecular complexity index is 527. The van der Waals surface area contributed by atoms with Gasteiger partial charge in [0.25, 0.3) is 5.91 Å². The van der Waals surface area contributed by atoms with E-state index in [1.165, 1.54) is 0 Å². The molecule has 0 bridgehead atoms. The normalized spacial score (nSPS) is 15.6. The van der Waals surface area contributed by atoms with Crippen molar-refractivity contribution in [3.63, 3.8) is 0 Å². The van der Waals surface area contributed by atoms with E-state index in [4.69, 9.17) is 15.2 Å². The van der Waals surface area contributed by atoms with Crippen LogP contribution in [0.25, 0.3) is 0 Å². The molecule has 0 saturated carbocycles. The van der Waals surface area contributed by atoms with Crippen LogP contribution < -0.4 is 10.5 Å². The molecular weight excluding hydrogens is 286 g/mol. The topological polar surface area (TPSA) is 94.8 Å². The molecule has 0 radical (unpaired) electrons. The van der Waals surface area contributed by atoms with Gasteiger partial charge in [-0.2, -0.15) is 0 Å². The molecule has 2 amide bonds. The maximum Gasteiger partial charge on any atom is 0.254 e. The largest absolute Gasteiger partial charge is 0.475 e. The van der Waals surface area contributed by atoms with Crippen LogP contribution in [0.5, 0.6) is 5.88 Å². The number of nitrogens with two attached hydrogens (primary N) is 1. The zero-order valence-electron chi connectivity index (χ0n) is 12.7. The summed E-state index contributed by atoms with van der Waals surface area (Å²) in [6.07, 6.45) is 2.78. The van der Waals surface area contributed by atoms with Gasteiger partial charge in [0.15, 0.2) is 0 Å². The van der Waals surface area contributed by atoms with E-state index in [1.807, 2.05) is 0 Å². The average molecular weight is 307 g/mol. The van der Waals surface area contributed by atoms with E-state index in [0.29, 0.717) is 50.6 Å². The standard InChI is InChI=1S/C15H21N3O4/c1-21-8-9-22-13-10-12(2-5-17-13)15(20)18-6-3-11(4-7-18)14(16)19/h2,5,10-11H,3-4,6-9H2,1H3,(H2,16,19). The first-order valence-corrected chi connectivity index (χ1v) is 7.28. The van der Waals surface area contributed by atoms with Crippen LogP contribution in [0.2, 0.25) is 0 Å². The summed E-state index contributed by atoms with van der Waals surface area (Å²) in [6, 6.07) is 3.28. The molecule has 7 nitrogen and oxygen atoms in total. The predicted octanol–water partition coefficient (Wildman–Crippen LogP) is 0.444. The molecule has 1 aliphatic rings. The van der Waals surface area contributed by atoms with E-state index in [9.17, 15) is 9.59 Å². The van der Waals surface area contributed by atoms with Gasteiger partial charge in [-0.15, -0.1) is 0 Å². The smallest absolute Gasteiger partial charge is 0.254 e. The number of pyridine rings is 1. The van der Waals surface area contributed by atoms with Gasteiger partial charge in [-0.1, -0.05) is 0 Å². The SMILES string of the molecule is COCCOc1cc(C(=O)N2CCC(C(N)=O)CC2)ccn1. The van der Waals surface area contributed by atoms with Gasteiger partial charge in [-0.25, -0.2) is 4.98 Å². The Kier molecular flexibility index (Phi) is 5.71. The Hall–Kier alpha value is -2.15. The number of carbonyl (C=O) groups excluding carboxylic acids is 2. The first-order valence-electron chi connectivity index (χ1n) is 7.28. The Balaban J connectivity index is 1.95. The van der Waals surface area contributed by atoms with E-state index in [-0.39, 0.29) is 17.7 Å². The molecule has 1 saturated heterocycles. The third-order valence-corrected chi connectivity index (χ3v) is 3.70. The third kappa shape index (κ3) is 4.17. The number of rotatable bonds is 6. The van der Waals surface area contributed by atoms with Gasteiger partial charge < -0.3 is 20.1 Å². The van der Waals surface area contributed by atoms with Crippen molar-refractivity contribution in [3.8, 4) is 5.88 Å². The molecule has 1 aromatic heterocycles. The second-order valence-corrected chi connectivity index (χ2v) is 5.19. The van der Waals surface area contributed by atoms with Gasteiger partial charge in [0, 0.05) is 43.9 Å². The summed E-state index contributed by atoms with van der Waals surface area (Å²) >= 11 is 0. The maximum absolute atomic E-state index is 12.5. The third-order valence-electron chi connectivity index (χ3n) is 3.70. The number of methoxy groups -OCH3 is 1. The highest BCUT2D eigenvalue weighted by atomic mass is 16.5. The van der Waals surface area contributed by atoms with Crippen molar-refractivity contribution in [2.45, 2.75) is 12.8 Å². The van der Waals surface area contributed by atoms with E-state index in [1.54, 1.807) is 30.3 Å². The van der Waals surface area contributed by atoms with E-state index < -0.39 is 0 Å². The second kappa shape index (κ2) is 7.74. The molecule has 0 atom stereocenters. The van der Waals surface area contributed by atoms with Crippen LogP contribution in [0.3, 0.4) is 0 Å². The number of hydrogen-bond acceptors (Lipinski definition) is 5. The number of carbonyl (C=O) groups is 2. The molecule has 2 rings (SSSR count). The molecule has 120 valence electrons. The van der Waals surface area contributed by atoms with Crippen molar-refractivity contribution in [3.05, 3.63) is 23.9 Å². The molecule has 0 unspecified atom stereocenters. The number of primary amides is 1. The van der Waals surface area contributed by atoms with Crippen molar-refractivity contribution in [2.24, 2.45) is 11.7 Å². The Morgan fingerprint density at radius 2 is 2.09 bits per heavy atom. The predicted molar refractivity (Wildman–Crippen MR) is 79.4 cm³/mol. The molecule has 0 spiro atoms. The van der Waals surface area contributed by atoms with Gasteiger partial charge in [0.2, 0.25) is 11.8 Å².